The first kappa shape index (κ1) is 15.3. The van der Waals surface area contributed by atoms with Crippen molar-refractivity contribution in [2.75, 3.05) is 0 Å². The summed E-state index contributed by atoms with van der Waals surface area (Å²) in [5.74, 6) is 0.566. The highest BCUT2D eigenvalue weighted by atomic mass is 16.2. The molecule has 3 fully saturated rings. The Morgan fingerprint density at radius 1 is 1.05 bits per heavy atom. The van der Waals surface area contributed by atoms with E-state index in [9.17, 15) is 14.4 Å². The Balaban J connectivity index is 1.47. The van der Waals surface area contributed by atoms with Crippen LogP contribution in [0.4, 0.5) is 0 Å². The molecule has 22 heavy (non-hydrogen) atoms. The van der Waals surface area contributed by atoms with E-state index >= 15 is 0 Å². The summed E-state index contributed by atoms with van der Waals surface area (Å²) in [6.07, 6.45) is 8.14. The number of allylic oxidation sites excluding steroid dienone is 1. The van der Waals surface area contributed by atoms with Crippen LogP contribution in [-0.4, -0.2) is 34.7 Å². The molecule has 0 aromatic heterocycles. The van der Waals surface area contributed by atoms with Crippen LogP contribution in [0.25, 0.3) is 0 Å². The molecule has 3 amide bonds. The number of carbonyl (C=O) groups excluding carboxylic acids is 3. The van der Waals surface area contributed by atoms with Gasteiger partial charge in [0.2, 0.25) is 17.7 Å². The van der Waals surface area contributed by atoms with Crippen LogP contribution in [0.1, 0.15) is 58.3 Å². The quantitative estimate of drug-likeness (QED) is 0.637. The number of likely N-dealkylation sites (tertiary alicyclic amines) is 1. The summed E-state index contributed by atoms with van der Waals surface area (Å²) in [6.45, 7) is 2.03. The third-order valence-corrected chi connectivity index (χ3v) is 5.08. The number of hydrogen-bond acceptors (Lipinski definition) is 3. The molecule has 120 valence electrons. The molecule has 0 bridgehead atoms. The minimum Gasteiger partial charge on any atom is -0.350 e. The maximum Gasteiger partial charge on any atom is 0.244 e. The van der Waals surface area contributed by atoms with Crippen LogP contribution in [0.15, 0.2) is 11.6 Å². The van der Waals surface area contributed by atoms with E-state index < -0.39 is 0 Å². The Hall–Kier alpha value is -1.65. The van der Waals surface area contributed by atoms with Gasteiger partial charge in [0.05, 0.1) is 0 Å². The molecule has 5 nitrogen and oxygen atoms in total. The summed E-state index contributed by atoms with van der Waals surface area (Å²) in [6, 6.07) is 0.208. The second-order valence-electron chi connectivity index (χ2n) is 6.83. The third-order valence-electron chi connectivity index (χ3n) is 5.08. The van der Waals surface area contributed by atoms with Crippen molar-refractivity contribution < 1.29 is 14.4 Å². The van der Waals surface area contributed by atoms with E-state index in [0.717, 1.165) is 25.7 Å². The standard InChI is InChI=1S/C17H24N2O3/c1-11(12-2-3-12)10-15(20)18-13-4-6-14(7-5-13)19-16(21)8-9-17(19)22/h10,12-14H,2-9H2,1H3,(H,18,20)/b11-10+. The summed E-state index contributed by atoms with van der Waals surface area (Å²) in [5.41, 5.74) is 1.18. The fourth-order valence-electron chi connectivity index (χ4n) is 3.59. The van der Waals surface area contributed by atoms with Gasteiger partial charge in [0.1, 0.15) is 0 Å². The maximum atomic E-state index is 12.0. The number of rotatable bonds is 4. The van der Waals surface area contributed by atoms with Crippen LogP contribution in [0, 0.1) is 5.92 Å². The minimum absolute atomic E-state index is 0.00109. The van der Waals surface area contributed by atoms with Crippen molar-refractivity contribution in [1.29, 1.82) is 0 Å². The highest BCUT2D eigenvalue weighted by Crippen LogP contribution is 2.35. The van der Waals surface area contributed by atoms with Crippen molar-refractivity contribution in [3.8, 4) is 0 Å². The Morgan fingerprint density at radius 2 is 1.64 bits per heavy atom. The lowest BCUT2D eigenvalue weighted by Crippen LogP contribution is -2.45. The van der Waals surface area contributed by atoms with Crippen molar-refractivity contribution in [2.24, 2.45) is 5.92 Å². The Bertz CT molecular complexity index is 498. The predicted molar refractivity (Wildman–Crippen MR) is 81.8 cm³/mol. The molecule has 0 spiro atoms. The molecule has 5 heteroatoms. The second kappa shape index (κ2) is 6.23. The van der Waals surface area contributed by atoms with Crippen molar-refractivity contribution in [3.05, 3.63) is 11.6 Å². The first-order valence-electron chi connectivity index (χ1n) is 8.38. The number of amides is 3. The molecule has 0 unspecified atom stereocenters. The van der Waals surface area contributed by atoms with E-state index in [1.54, 1.807) is 6.08 Å². The minimum atomic E-state index is -0.0273. The van der Waals surface area contributed by atoms with E-state index in [2.05, 4.69) is 5.32 Å². The van der Waals surface area contributed by atoms with Crippen molar-refractivity contribution in [2.45, 2.75) is 70.4 Å². The van der Waals surface area contributed by atoms with Gasteiger partial charge in [-0.05, 0) is 51.4 Å². The van der Waals surface area contributed by atoms with E-state index in [1.807, 2.05) is 6.92 Å². The molecule has 1 saturated heterocycles. The SMILES string of the molecule is C/C(=C\C(=O)NC1CCC(N2C(=O)CCC2=O)CC1)C1CC1. The first-order chi connectivity index (χ1) is 10.5. The normalized spacial score (nSPS) is 29.9. The summed E-state index contributed by atoms with van der Waals surface area (Å²) >= 11 is 0. The van der Waals surface area contributed by atoms with Gasteiger partial charge in [-0.25, -0.2) is 0 Å². The molecule has 0 atom stereocenters. The zero-order valence-corrected chi connectivity index (χ0v) is 13.1. The zero-order chi connectivity index (χ0) is 15.7. The lowest BCUT2D eigenvalue weighted by molar-refractivity contribution is -0.142. The molecule has 2 saturated carbocycles. The molecule has 1 N–H and O–H groups in total. The van der Waals surface area contributed by atoms with Crippen LogP contribution >= 0.6 is 0 Å². The number of hydrogen-bond donors (Lipinski definition) is 1. The Kier molecular flexibility index (Phi) is 4.32. The van der Waals surface area contributed by atoms with Gasteiger partial charge in [0, 0.05) is 31.0 Å². The molecule has 3 aliphatic rings. The van der Waals surface area contributed by atoms with Crippen molar-refractivity contribution in [3.63, 3.8) is 0 Å². The fraction of sp³-hybridized carbons (Fsp3) is 0.706. The van der Waals surface area contributed by atoms with Gasteiger partial charge in [-0.1, -0.05) is 5.57 Å². The average molecular weight is 304 g/mol. The average Bonchev–Trinajstić information content (AvgIpc) is 3.27. The van der Waals surface area contributed by atoms with Gasteiger partial charge >= 0.3 is 0 Å². The highest BCUT2D eigenvalue weighted by Gasteiger charge is 2.37. The predicted octanol–water partition coefficient (Wildman–Crippen LogP) is 1.92. The van der Waals surface area contributed by atoms with E-state index in [-0.39, 0.29) is 29.8 Å². The summed E-state index contributed by atoms with van der Waals surface area (Å²) < 4.78 is 0. The van der Waals surface area contributed by atoms with Crippen molar-refractivity contribution in [1.82, 2.24) is 10.2 Å². The second-order valence-corrected chi connectivity index (χ2v) is 6.83. The van der Waals surface area contributed by atoms with Crippen LogP contribution < -0.4 is 5.32 Å². The molecule has 1 aliphatic heterocycles. The Morgan fingerprint density at radius 3 is 2.18 bits per heavy atom. The number of nitrogens with zero attached hydrogens (tertiary/aromatic N) is 1. The van der Waals surface area contributed by atoms with Crippen LogP contribution in [0.2, 0.25) is 0 Å². The van der Waals surface area contributed by atoms with Gasteiger partial charge in [0.25, 0.3) is 0 Å². The third kappa shape index (κ3) is 3.39. The van der Waals surface area contributed by atoms with E-state index in [1.165, 1.54) is 23.3 Å². The largest absolute Gasteiger partial charge is 0.350 e. The van der Waals surface area contributed by atoms with Gasteiger partial charge in [-0.2, -0.15) is 0 Å². The summed E-state index contributed by atoms with van der Waals surface area (Å²) in [4.78, 5) is 37.0. The molecule has 0 aromatic rings. The lowest BCUT2D eigenvalue weighted by atomic mass is 9.90. The maximum absolute atomic E-state index is 12.0. The number of carbonyl (C=O) groups is 3. The van der Waals surface area contributed by atoms with Crippen molar-refractivity contribution >= 4 is 17.7 Å². The van der Waals surface area contributed by atoms with Gasteiger partial charge in [0.15, 0.2) is 0 Å². The molecular formula is C17H24N2O3. The number of nitrogens with one attached hydrogen (secondary N) is 1. The fourth-order valence-corrected chi connectivity index (χ4v) is 3.59. The van der Waals surface area contributed by atoms with E-state index in [0.29, 0.717) is 18.8 Å². The summed E-state index contributed by atoms with van der Waals surface area (Å²) in [5, 5.41) is 3.06. The summed E-state index contributed by atoms with van der Waals surface area (Å²) in [7, 11) is 0. The smallest absolute Gasteiger partial charge is 0.244 e. The van der Waals surface area contributed by atoms with E-state index in [4.69, 9.17) is 0 Å². The molecule has 0 aromatic carbocycles. The molecular weight excluding hydrogens is 280 g/mol. The number of imide groups is 1. The monoisotopic (exact) mass is 304 g/mol. The molecule has 3 rings (SSSR count). The Labute approximate surface area is 131 Å². The van der Waals surface area contributed by atoms with Gasteiger partial charge < -0.3 is 5.32 Å². The van der Waals surface area contributed by atoms with Crippen LogP contribution in [0.5, 0.6) is 0 Å². The molecule has 0 radical (unpaired) electrons. The molecule has 2 aliphatic carbocycles. The lowest BCUT2D eigenvalue weighted by Gasteiger charge is -2.33. The van der Waals surface area contributed by atoms with Crippen LogP contribution in [0.3, 0.4) is 0 Å². The first-order valence-corrected chi connectivity index (χ1v) is 8.38. The topological polar surface area (TPSA) is 66.5 Å². The van der Waals surface area contributed by atoms with Gasteiger partial charge in [-0.3, -0.25) is 19.3 Å². The van der Waals surface area contributed by atoms with Crippen LogP contribution in [-0.2, 0) is 14.4 Å². The molecule has 1 heterocycles. The van der Waals surface area contributed by atoms with Gasteiger partial charge in [-0.15, -0.1) is 0 Å². The zero-order valence-electron chi connectivity index (χ0n) is 13.1. The highest BCUT2D eigenvalue weighted by molar-refractivity contribution is 6.02.